The van der Waals surface area contributed by atoms with Crippen LogP contribution in [0.4, 0.5) is 11.4 Å². The van der Waals surface area contributed by atoms with Gasteiger partial charge in [-0.05, 0) is 24.0 Å². The van der Waals surface area contributed by atoms with E-state index in [0.29, 0.717) is 37.0 Å². The smallest absolute Gasteiger partial charge is 0.224 e. The lowest BCUT2D eigenvalue weighted by atomic mass is 10.0. The summed E-state index contributed by atoms with van der Waals surface area (Å²) in [6.45, 7) is 5.90. The number of fused-ring (bicyclic) bond motifs is 1. The Bertz CT molecular complexity index is 486. The number of anilines is 2. The fourth-order valence-electron chi connectivity index (χ4n) is 2.08. The van der Waals surface area contributed by atoms with Gasteiger partial charge < -0.3 is 20.5 Å². The highest BCUT2D eigenvalue weighted by Gasteiger charge is 2.17. The van der Waals surface area contributed by atoms with Gasteiger partial charge in [0, 0.05) is 24.8 Å². The molecule has 1 aromatic rings. The van der Waals surface area contributed by atoms with Gasteiger partial charge in [0.25, 0.3) is 0 Å². The summed E-state index contributed by atoms with van der Waals surface area (Å²) in [5.74, 6) is 1.15. The minimum absolute atomic E-state index is 0.0356. The summed E-state index contributed by atoms with van der Waals surface area (Å²) in [5.41, 5.74) is 8.42. The van der Waals surface area contributed by atoms with Crippen LogP contribution in [-0.4, -0.2) is 25.7 Å². The lowest BCUT2D eigenvalue weighted by molar-refractivity contribution is -0.116. The average molecular weight is 278 g/mol. The lowest BCUT2D eigenvalue weighted by Gasteiger charge is -2.19. The van der Waals surface area contributed by atoms with Crippen LogP contribution in [0.1, 0.15) is 25.8 Å². The van der Waals surface area contributed by atoms with Gasteiger partial charge in [0.2, 0.25) is 5.91 Å². The van der Waals surface area contributed by atoms with Gasteiger partial charge >= 0.3 is 0 Å². The van der Waals surface area contributed by atoms with Gasteiger partial charge in [0.05, 0.1) is 12.3 Å². The van der Waals surface area contributed by atoms with E-state index < -0.39 is 0 Å². The molecule has 5 nitrogen and oxygen atoms in total. The third-order valence-corrected chi connectivity index (χ3v) is 3.07. The Morgan fingerprint density at radius 1 is 1.30 bits per heavy atom. The molecule has 0 atom stereocenters. The first kappa shape index (κ1) is 14.7. The molecule has 0 spiro atoms. The number of carbonyl (C=O) groups is 1. The van der Waals surface area contributed by atoms with Crippen molar-refractivity contribution in [1.82, 2.24) is 0 Å². The zero-order chi connectivity index (χ0) is 14.5. The third-order valence-electron chi connectivity index (χ3n) is 3.07. The largest absolute Gasteiger partial charge is 0.489 e. The molecular formula is C15H22N2O3. The zero-order valence-electron chi connectivity index (χ0n) is 12.1. The van der Waals surface area contributed by atoms with Crippen molar-refractivity contribution >= 4 is 17.3 Å². The molecule has 1 heterocycles. The molecule has 1 aliphatic rings. The molecule has 0 aromatic heterocycles. The van der Waals surface area contributed by atoms with E-state index in [1.807, 2.05) is 6.07 Å². The van der Waals surface area contributed by atoms with Crippen LogP contribution in [0.15, 0.2) is 12.1 Å². The SMILES string of the molecule is CC(C)COCCOc1cc2c(cc1N)CCC(=O)N2. The molecule has 1 aliphatic heterocycles. The summed E-state index contributed by atoms with van der Waals surface area (Å²) in [6.07, 6.45) is 1.23. The number of aryl methyl sites for hydroxylation is 1. The summed E-state index contributed by atoms with van der Waals surface area (Å²) in [4.78, 5) is 11.4. The number of carbonyl (C=O) groups excluding carboxylic acids is 1. The summed E-state index contributed by atoms with van der Waals surface area (Å²) in [5, 5.41) is 2.84. The number of hydrogen-bond donors (Lipinski definition) is 2. The molecule has 1 aromatic carbocycles. The summed E-state index contributed by atoms with van der Waals surface area (Å²) in [7, 11) is 0. The molecule has 1 amide bonds. The van der Waals surface area contributed by atoms with E-state index in [2.05, 4.69) is 19.2 Å². The maximum atomic E-state index is 11.4. The van der Waals surface area contributed by atoms with Crippen molar-refractivity contribution in [3.8, 4) is 5.75 Å². The van der Waals surface area contributed by atoms with Crippen LogP contribution in [0.5, 0.6) is 5.75 Å². The van der Waals surface area contributed by atoms with E-state index in [0.717, 1.165) is 24.3 Å². The molecule has 0 saturated heterocycles. The standard InChI is InChI=1S/C15H22N2O3/c1-10(2)9-19-5-6-20-14-8-13-11(7-12(14)16)3-4-15(18)17-13/h7-8,10H,3-6,9,16H2,1-2H3,(H,17,18). The Morgan fingerprint density at radius 2 is 2.10 bits per heavy atom. The fraction of sp³-hybridized carbons (Fsp3) is 0.533. The molecule has 3 N–H and O–H groups in total. The van der Waals surface area contributed by atoms with Crippen LogP contribution in [-0.2, 0) is 16.0 Å². The highest BCUT2D eigenvalue weighted by Crippen LogP contribution is 2.32. The molecule has 0 saturated carbocycles. The Labute approximate surface area is 119 Å². The number of hydrogen-bond acceptors (Lipinski definition) is 4. The molecule has 2 rings (SSSR count). The van der Waals surface area contributed by atoms with E-state index in [1.54, 1.807) is 6.07 Å². The van der Waals surface area contributed by atoms with Gasteiger partial charge in [0.15, 0.2) is 0 Å². The van der Waals surface area contributed by atoms with Crippen LogP contribution >= 0.6 is 0 Å². The van der Waals surface area contributed by atoms with Gasteiger partial charge in [-0.1, -0.05) is 13.8 Å². The summed E-state index contributed by atoms with van der Waals surface area (Å²) in [6, 6.07) is 3.67. The number of nitrogens with one attached hydrogen (secondary N) is 1. The fourth-order valence-corrected chi connectivity index (χ4v) is 2.08. The summed E-state index contributed by atoms with van der Waals surface area (Å²) >= 11 is 0. The Hall–Kier alpha value is -1.75. The van der Waals surface area contributed by atoms with Crippen molar-refractivity contribution in [3.05, 3.63) is 17.7 Å². The number of ether oxygens (including phenoxy) is 2. The van der Waals surface area contributed by atoms with Crippen LogP contribution in [0, 0.1) is 5.92 Å². The first-order valence-corrected chi connectivity index (χ1v) is 6.99. The van der Waals surface area contributed by atoms with Crippen molar-refractivity contribution in [2.45, 2.75) is 26.7 Å². The molecule has 110 valence electrons. The van der Waals surface area contributed by atoms with Crippen molar-refractivity contribution in [2.24, 2.45) is 5.92 Å². The van der Waals surface area contributed by atoms with Crippen LogP contribution in [0.2, 0.25) is 0 Å². The van der Waals surface area contributed by atoms with E-state index in [-0.39, 0.29) is 5.91 Å². The number of amides is 1. The van der Waals surface area contributed by atoms with Crippen LogP contribution in [0.25, 0.3) is 0 Å². The molecule has 0 aliphatic carbocycles. The maximum absolute atomic E-state index is 11.4. The van der Waals surface area contributed by atoms with Gasteiger partial charge in [0.1, 0.15) is 12.4 Å². The van der Waals surface area contributed by atoms with Gasteiger partial charge in [-0.3, -0.25) is 4.79 Å². The Kier molecular flexibility index (Phi) is 4.84. The van der Waals surface area contributed by atoms with E-state index in [1.165, 1.54) is 0 Å². The van der Waals surface area contributed by atoms with E-state index in [9.17, 15) is 4.79 Å². The normalized spacial score (nSPS) is 14.1. The highest BCUT2D eigenvalue weighted by molar-refractivity contribution is 5.94. The molecule has 0 bridgehead atoms. The second-order valence-corrected chi connectivity index (χ2v) is 5.41. The molecule has 20 heavy (non-hydrogen) atoms. The number of benzene rings is 1. The maximum Gasteiger partial charge on any atom is 0.224 e. The minimum atomic E-state index is 0.0356. The van der Waals surface area contributed by atoms with Crippen molar-refractivity contribution in [2.75, 3.05) is 30.9 Å². The molecular weight excluding hydrogens is 256 g/mol. The zero-order valence-corrected chi connectivity index (χ0v) is 12.1. The number of rotatable bonds is 6. The van der Waals surface area contributed by atoms with Crippen LogP contribution in [0.3, 0.4) is 0 Å². The topological polar surface area (TPSA) is 73.6 Å². The highest BCUT2D eigenvalue weighted by atomic mass is 16.5. The van der Waals surface area contributed by atoms with Gasteiger partial charge in [-0.2, -0.15) is 0 Å². The minimum Gasteiger partial charge on any atom is -0.489 e. The Balaban J connectivity index is 1.91. The first-order valence-electron chi connectivity index (χ1n) is 6.99. The van der Waals surface area contributed by atoms with Gasteiger partial charge in [-0.15, -0.1) is 0 Å². The molecule has 5 heteroatoms. The predicted molar refractivity (Wildman–Crippen MR) is 79.0 cm³/mol. The monoisotopic (exact) mass is 278 g/mol. The summed E-state index contributed by atoms with van der Waals surface area (Å²) < 4.78 is 11.1. The van der Waals surface area contributed by atoms with Crippen molar-refractivity contribution in [3.63, 3.8) is 0 Å². The second-order valence-electron chi connectivity index (χ2n) is 5.41. The van der Waals surface area contributed by atoms with E-state index >= 15 is 0 Å². The molecule has 0 fully saturated rings. The predicted octanol–water partition coefficient (Wildman–Crippen LogP) is 2.20. The first-order chi connectivity index (χ1) is 9.56. The third kappa shape index (κ3) is 3.87. The Morgan fingerprint density at radius 3 is 2.85 bits per heavy atom. The quantitative estimate of drug-likeness (QED) is 0.618. The van der Waals surface area contributed by atoms with Crippen molar-refractivity contribution < 1.29 is 14.3 Å². The average Bonchev–Trinajstić information content (AvgIpc) is 2.39. The van der Waals surface area contributed by atoms with E-state index in [4.69, 9.17) is 15.2 Å². The molecule has 0 unspecified atom stereocenters. The lowest BCUT2D eigenvalue weighted by Crippen LogP contribution is -2.19. The number of nitrogen functional groups attached to an aromatic ring is 1. The van der Waals surface area contributed by atoms with Crippen LogP contribution < -0.4 is 15.8 Å². The van der Waals surface area contributed by atoms with Gasteiger partial charge in [-0.25, -0.2) is 0 Å². The molecule has 0 radical (unpaired) electrons. The number of nitrogens with two attached hydrogens (primary N) is 1. The second kappa shape index (κ2) is 6.61. The van der Waals surface area contributed by atoms with Crippen molar-refractivity contribution in [1.29, 1.82) is 0 Å².